The molecule has 0 N–H and O–H groups in total. The van der Waals surface area contributed by atoms with Crippen molar-refractivity contribution < 1.29 is 9.59 Å². The van der Waals surface area contributed by atoms with Gasteiger partial charge in [0.05, 0.1) is 21.4 Å². The largest absolute Gasteiger partial charge is 0.240 e. The van der Waals surface area contributed by atoms with Gasteiger partial charge in [-0.2, -0.15) is 9.98 Å². The molecule has 0 spiro atoms. The molecule has 0 atom stereocenters. The molecule has 0 fully saturated rings. The second-order valence-corrected chi connectivity index (χ2v) is 4.68. The van der Waals surface area contributed by atoms with E-state index in [2.05, 4.69) is 9.98 Å². The fourth-order valence-electron chi connectivity index (χ4n) is 1.20. The Labute approximate surface area is 135 Å². The summed E-state index contributed by atoms with van der Waals surface area (Å²) in [6, 6.07) is 11.5. The first-order chi connectivity index (χ1) is 10.1. The van der Waals surface area contributed by atoms with E-state index in [1.54, 1.807) is 42.5 Å². The van der Waals surface area contributed by atoms with Crippen LogP contribution < -0.4 is 0 Å². The zero-order chi connectivity index (χ0) is 15.7. The second-order valence-electron chi connectivity index (χ2n) is 3.46. The highest BCUT2D eigenvalue weighted by Gasteiger charge is 2.01. The fourth-order valence-corrected chi connectivity index (χ4v) is 1.66. The van der Waals surface area contributed by atoms with E-state index in [0.29, 0.717) is 21.4 Å². The van der Waals surface area contributed by atoms with Gasteiger partial charge in [-0.15, -0.1) is 0 Å². The van der Waals surface area contributed by atoms with Crippen LogP contribution in [0.2, 0.25) is 15.1 Å². The zero-order valence-corrected chi connectivity index (χ0v) is 12.7. The van der Waals surface area contributed by atoms with Gasteiger partial charge in [0.25, 0.3) is 0 Å². The molecule has 0 aliphatic carbocycles. The number of hydrogen-bond acceptors (Lipinski definition) is 4. The van der Waals surface area contributed by atoms with Crippen molar-refractivity contribution in [2.75, 3.05) is 0 Å². The van der Waals surface area contributed by atoms with Crippen molar-refractivity contribution in [2.24, 2.45) is 9.98 Å². The minimum atomic E-state index is 0.275. The Morgan fingerprint density at radius 3 is 2.00 bits per heavy atom. The molecule has 2 aromatic rings. The number of aliphatic imine (C=N–C) groups is 2. The molecule has 0 unspecified atom stereocenters. The van der Waals surface area contributed by atoms with Gasteiger partial charge < -0.3 is 0 Å². The predicted octanol–water partition coefficient (Wildman–Crippen LogP) is 5.27. The normalized spacial score (nSPS) is 8.71. The lowest BCUT2D eigenvalue weighted by molar-refractivity contribution is 0.564. The standard InChI is InChI=1S/C7H3Cl2NO.C7H4ClNO/c8-5-2-1-3-6(7(5)9)10-4-11;8-6-1-3-7(4-2-6)9-5-10/h1-3H;1-4H. The van der Waals surface area contributed by atoms with Gasteiger partial charge in [0.2, 0.25) is 12.2 Å². The summed E-state index contributed by atoms with van der Waals surface area (Å²) in [5, 5.41) is 1.28. The van der Waals surface area contributed by atoms with Crippen molar-refractivity contribution in [1.29, 1.82) is 0 Å². The molecule has 0 bridgehead atoms. The molecule has 0 aliphatic rings. The average Bonchev–Trinajstić information content (AvgIpc) is 2.48. The average molecular weight is 342 g/mol. The van der Waals surface area contributed by atoms with Crippen molar-refractivity contribution in [3.63, 3.8) is 0 Å². The van der Waals surface area contributed by atoms with E-state index >= 15 is 0 Å². The molecule has 0 aromatic heterocycles. The topological polar surface area (TPSA) is 58.9 Å². The van der Waals surface area contributed by atoms with Crippen LogP contribution in [-0.4, -0.2) is 12.2 Å². The van der Waals surface area contributed by atoms with E-state index < -0.39 is 0 Å². The van der Waals surface area contributed by atoms with Gasteiger partial charge in [0.15, 0.2) is 0 Å². The molecule has 0 saturated carbocycles. The number of benzene rings is 2. The lowest BCUT2D eigenvalue weighted by atomic mass is 10.3. The highest BCUT2D eigenvalue weighted by molar-refractivity contribution is 6.43. The van der Waals surface area contributed by atoms with Crippen molar-refractivity contribution in [1.82, 2.24) is 0 Å². The number of isocyanates is 2. The quantitative estimate of drug-likeness (QED) is 0.552. The van der Waals surface area contributed by atoms with E-state index in [1.165, 1.54) is 12.2 Å². The molecule has 106 valence electrons. The number of carbonyl (C=O) groups excluding carboxylic acids is 2. The van der Waals surface area contributed by atoms with Crippen LogP contribution >= 0.6 is 34.8 Å². The maximum atomic E-state index is 9.84. The van der Waals surface area contributed by atoms with Crippen molar-refractivity contribution in [3.05, 3.63) is 57.5 Å². The van der Waals surface area contributed by atoms with Gasteiger partial charge in [-0.3, -0.25) is 0 Å². The van der Waals surface area contributed by atoms with E-state index in [0.717, 1.165) is 0 Å². The van der Waals surface area contributed by atoms with E-state index in [1.807, 2.05) is 0 Å². The van der Waals surface area contributed by atoms with Crippen molar-refractivity contribution in [2.45, 2.75) is 0 Å². The Hall–Kier alpha value is -1.93. The van der Waals surface area contributed by atoms with Crippen LogP contribution in [0, 0.1) is 0 Å². The van der Waals surface area contributed by atoms with Crippen LogP contribution in [0.3, 0.4) is 0 Å². The Balaban J connectivity index is 0.000000211. The molecule has 0 saturated heterocycles. The molecule has 2 rings (SSSR count). The maximum absolute atomic E-state index is 9.84. The second kappa shape index (κ2) is 9.09. The first-order valence-electron chi connectivity index (χ1n) is 5.44. The first kappa shape index (κ1) is 17.1. The molecular formula is C14H7Cl3N2O2. The summed E-state index contributed by atoms with van der Waals surface area (Å²) in [5.41, 5.74) is 0.911. The number of rotatable bonds is 2. The Kier molecular flexibility index (Phi) is 7.41. The van der Waals surface area contributed by atoms with Crippen LogP contribution in [0.1, 0.15) is 0 Å². The summed E-state index contributed by atoms with van der Waals surface area (Å²) >= 11 is 16.9. The van der Waals surface area contributed by atoms with Crippen molar-refractivity contribution in [3.8, 4) is 0 Å². The fraction of sp³-hybridized carbons (Fsp3) is 0. The summed E-state index contributed by atoms with van der Waals surface area (Å²) in [5.74, 6) is 0. The smallest absolute Gasteiger partial charge is 0.211 e. The SMILES string of the molecule is O=C=Nc1ccc(Cl)cc1.O=C=Nc1cccc(Cl)c1Cl. The highest BCUT2D eigenvalue weighted by atomic mass is 35.5. The molecule has 7 heteroatoms. The third-order valence-corrected chi connectivity index (χ3v) is 3.16. The van der Waals surface area contributed by atoms with Crippen LogP contribution in [0.25, 0.3) is 0 Å². The lowest BCUT2D eigenvalue weighted by Gasteiger charge is -1.95. The molecular weight excluding hydrogens is 335 g/mol. The third-order valence-electron chi connectivity index (χ3n) is 2.10. The summed E-state index contributed by atoms with van der Waals surface area (Å²) < 4.78 is 0. The number of hydrogen-bond donors (Lipinski definition) is 0. The number of halogens is 3. The predicted molar refractivity (Wildman–Crippen MR) is 83.5 cm³/mol. The van der Waals surface area contributed by atoms with Gasteiger partial charge in [0.1, 0.15) is 0 Å². The zero-order valence-electron chi connectivity index (χ0n) is 10.4. The van der Waals surface area contributed by atoms with Gasteiger partial charge in [-0.1, -0.05) is 40.9 Å². The number of nitrogens with zero attached hydrogens (tertiary/aromatic N) is 2. The molecule has 2 aromatic carbocycles. The van der Waals surface area contributed by atoms with E-state index in [-0.39, 0.29) is 5.02 Å². The molecule has 0 amide bonds. The van der Waals surface area contributed by atoms with Crippen LogP contribution in [0.5, 0.6) is 0 Å². The van der Waals surface area contributed by atoms with Crippen LogP contribution in [-0.2, 0) is 9.59 Å². The van der Waals surface area contributed by atoms with Crippen LogP contribution in [0.4, 0.5) is 11.4 Å². The van der Waals surface area contributed by atoms with Gasteiger partial charge in [-0.05, 0) is 36.4 Å². The molecule has 4 nitrogen and oxygen atoms in total. The van der Waals surface area contributed by atoms with Crippen molar-refractivity contribution >= 4 is 58.3 Å². The summed E-state index contributed by atoms with van der Waals surface area (Å²) in [6.07, 6.45) is 2.82. The minimum absolute atomic E-state index is 0.275. The van der Waals surface area contributed by atoms with Gasteiger partial charge in [0, 0.05) is 5.02 Å². The van der Waals surface area contributed by atoms with E-state index in [9.17, 15) is 9.59 Å². The first-order valence-corrected chi connectivity index (χ1v) is 6.57. The van der Waals surface area contributed by atoms with Gasteiger partial charge >= 0.3 is 0 Å². The summed E-state index contributed by atoms with van der Waals surface area (Å²) in [7, 11) is 0. The highest BCUT2D eigenvalue weighted by Crippen LogP contribution is 2.31. The molecule has 0 heterocycles. The Morgan fingerprint density at radius 1 is 0.810 bits per heavy atom. The van der Waals surface area contributed by atoms with Crippen LogP contribution in [0.15, 0.2) is 52.4 Å². The minimum Gasteiger partial charge on any atom is -0.211 e. The third kappa shape index (κ3) is 5.92. The maximum Gasteiger partial charge on any atom is 0.240 e. The summed E-state index contributed by atoms with van der Waals surface area (Å²) in [4.78, 5) is 26.3. The molecule has 0 aliphatic heterocycles. The van der Waals surface area contributed by atoms with E-state index in [4.69, 9.17) is 34.8 Å². The molecule has 0 radical (unpaired) electrons. The summed E-state index contributed by atoms with van der Waals surface area (Å²) in [6.45, 7) is 0. The Bertz CT molecular complexity index is 705. The molecule has 21 heavy (non-hydrogen) atoms. The van der Waals surface area contributed by atoms with Gasteiger partial charge in [-0.25, -0.2) is 9.59 Å². The monoisotopic (exact) mass is 340 g/mol. The Morgan fingerprint density at radius 2 is 1.43 bits per heavy atom. The lowest BCUT2D eigenvalue weighted by Crippen LogP contribution is -1.69.